The molecule has 0 saturated heterocycles. The molecule has 2 aromatic rings. The molecule has 0 unspecified atom stereocenters. The van der Waals surface area contributed by atoms with Crippen molar-refractivity contribution in [3.05, 3.63) is 66.6 Å². The van der Waals surface area contributed by atoms with Gasteiger partial charge in [0.2, 0.25) is 0 Å². The molecule has 0 aromatic heterocycles. The van der Waals surface area contributed by atoms with Crippen LogP contribution in [0.5, 0.6) is 5.75 Å². The van der Waals surface area contributed by atoms with E-state index in [0.29, 0.717) is 25.8 Å². The molecular formula is C18H10Br2N2O3. The Balaban J connectivity index is 2.44. The number of ether oxygens (including phenoxy) is 1. The number of allylic oxidation sites excluding steroid dienone is 1. The molecule has 0 amide bonds. The van der Waals surface area contributed by atoms with Crippen molar-refractivity contribution in [2.75, 3.05) is 6.61 Å². The molecular weight excluding hydrogens is 452 g/mol. The molecule has 0 fully saturated rings. The van der Waals surface area contributed by atoms with Crippen LogP contribution < -0.4 is 4.74 Å². The Morgan fingerprint density at radius 2 is 2.00 bits per heavy atom. The average molecular weight is 462 g/mol. The molecule has 2 rings (SSSR count). The largest absolute Gasteiger partial charge is 0.479 e. The van der Waals surface area contributed by atoms with Crippen LogP contribution in [0.25, 0.3) is 11.6 Å². The van der Waals surface area contributed by atoms with Crippen LogP contribution in [0.2, 0.25) is 0 Å². The summed E-state index contributed by atoms with van der Waals surface area (Å²) in [5.74, 6) is 2.95. The fraction of sp³-hybridized carbons (Fsp3) is 0.0556. The van der Waals surface area contributed by atoms with Gasteiger partial charge in [-0.2, -0.15) is 5.26 Å². The van der Waals surface area contributed by atoms with E-state index in [1.54, 1.807) is 30.3 Å². The second kappa shape index (κ2) is 8.48. The second-order valence-corrected chi connectivity index (χ2v) is 6.49. The van der Waals surface area contributed by atoms with Crippen molar-refractivity contribution in [2.24, 2.45) is 0 Å². The third-order valence-electron chi connectivity index (χ3n) is 3.12. The number of non-ortho nitro benzene ring substituents is 1. The maximum atomic E-state index is 10.9. The summed E-state index contributed by atoms with van der Waals surface area (Å²) in [4.78, 5) is 10.4. The number of rotatable bonds is 5. The molecule has 0 radical (unpaired) electrons. The van der Waals surface area contributed by atoms with Crippen LogP contribution in [0, 0.1) is 33.8 Å². The highest BCUT2D eigenvalue weighted by atomic mass is 79.9. The van der Waals surface area contributed by atoms with Crippen molar-refractivity contribution >= 4 is 49.2 Å². The van der Waals surface area contributed by atoms with Gasteiger partial charge in [0.1, 0.15) is 12.4 Å². The number of halogens is 2. The van der Waals surface area contributed by atoms with Crippen molar-refractivity contribution in [1.82, 2.24) is 0 Å². The molecule has 7 heteroatoms. The normalized spacial score (nSPS) is 10.6. The van der Waals surface area contributed by atoms with E-state index in [1.165, 1.54) is 12.1 Å². The number of nitro groups is 1. The second-order valence-electron chi connectivity index (χ2n) is 4.78. The van der Waals surface area contributed by atoms with Crippen LogP contribution in [-0.2, 0) is 0 Å². The van der Waals surface area contributed by atoms with Gasteiger partial charge in [0.25, 0.3) is 5.69 Å². The van der Waals surface area contributed by atoms with E-state index in [2.05, 4.69) is 43.8 Å². The standard InChI is InChI=1S/C18H10Br2N2O3/c1-2-6-25-18-16(19)8-12(9-17(18)20)7-14(11-21)13-4-3-5-15(10-13)22(23)24/h1,3-5,7-10H,6H2/b14-7-. The Morgan fingerprint density at radius 1 is 1.32 bits per heavy atom. The molecule has 5 nitrogen and oxygen atoms in total. The van der Waals surface area contributed by atoms with E-state index in [0.717, 1.165) is 5.56 Å². The van der Waals surface area contributed by atoms with Gasteiger partial charge in [-0.1, -0.05) is 18.1 Å². The molecule has 0 spiro atoms. The lowest BCUT2D eigenvalue weighted by atomic mass is 10.0. The quantitative estimate of drug-likeness (QED) is 0.202. The fourth-order valence-corrected chi connectivity index (χ4v) is 3.50. The molecule has 0 aliphatic rings. The molecule has 124 valence electrons. The summed E-state index contributed by atoms with van der Waals surface area (Å²) in [5.41, 5.74) is 1.42. The van der Waals surface area contributed by atoms with E-state index in [4.69, 9.17) is 11.2 Å². The first-order valence-electron chi connectivity index (χ1n) is 6.88. The number of terminal acetylenes is 1. The van der Waals surface area contributed by atoms with Gasteiger partial charge in [-0.15, -0.1) is 6.42 Å². The van der Waals surface area contributed by atoms with Gasteiger partial charge in [-0.3, -0.25) is 10.1 Å². The van der Waals surface area contributed by atoms with Gasteiger partial charge in [0.15, 0.2) is 0 Å². The Labute approximate surface area is 161 Å². The molecule has 0 atom stereocenters. The minimum Gasteiger partial charge on any atom is -0.479 e. The summed E-state index contributed by atoms with van der Waals surface area (Å²) in [7, 11) is 0. The third kappa shape index (κ3) is 4.69. The first-order chi connectivity index (χ1) is 12.0. The van der Waals surface area contributed by atoms with E-state index in [-0.39, 0.29) is 12.3 Å². The molecule has 0 N–H and O–H groups in total. The maximum absolute atomic E-state index is 10.9. The van der Waals surface area contributed by atoms with Crippen LogP contribution in [-0.4, -0.2) is 11.5 Å². The summed E-state index contributed by atoms with van der Waals surface area (Å²) in [6.07, 6.45) is 6.83. The smallest absolute Gasteiger partial charge is 0.270 e. The van der Waals surface area contributed by atoms with Crippen molar-refractivity contribution in [3.63, 3.8) is 0 Å². The monoisotopic (exact) mass is 460 g/mol. The van der Waals surface area contributed by atoms with Gasteiger partial charge in [-0.05, 0) is 61.2 Å². The van der Waals surface area contributed by atoms with E-state index in [1.807, 2.05) is 0 Å². The van der Waals surface area contributed by atoms with E-state index >= 15 is 0 Å². The average Bonchev–Trinajstić information content (AvgIpc) is 2.59. The predicted molar refractivity (Wildman–Crippen MR) is 103 cm³/mol. The van der Waals surface area contributed by atoms with E-state index < -0.39 is 4.92 Å². The zero-order valence-corrected chi connectivity index (χ0v) is 15.9. The minimum absolute atomic E-state index is 0.0703. The first-order valence-corrected chi connectivity index (χ1v) is 8.46. The summed E-state index contributed by atoms with van der Waals surface area (Å²) >= 11 is 6.80. The fourth-order valence-electron chi connectivity index (χ4n) is 2.05. The lowest BCUT2D eigenvalue weighted by Crippen LogP contribution is -1.96. The first kappa shape index (κ1) is 18.7. The topological polar surface area (TPSA) is 76.2 Å². The highest BCUT2D eigenvalue weighted by molar-refractivity contribution is 9.11. The van der Waals surface area contributed by atoms with Crippen LogP contribution in [0.3, 0.4) is 0 Å². The predicted octanol–water partition coefficient (Wildman–Crippen LogP) is 5.20. The highest BCUT2D eigenvalue weighted by Gasteiger charge is 2.11. The molecule has 0 aliphatic carbocycles. The Morgan fingerprint density at radius 3 is 2.56 bits per heavy atom. The van der Waals surface area contributed by atoms with Crippen LogP contribution in [0.15, 0.2) is 45.3 Å². The number of hydrogen-bond acceptors (Lipinski definition) is 4. The molecule has 2 aromatic carbocycles. The zero-order valence-electron chi connectivity index (χ0n) is 12.7. The Hall–Kier alpha value is -2.61. The summed E-state index contributed by atoms with van der Waals surface area (Å²) < 4.78 is 6.77. The summed E-state index contributed by atoms with van der Waals surface area (Å²) in [5, 5.41) is 20.3. The van der Waals surface area contributed by atoms with Gasteiger partial charge < -0.3 is 4.74 Å². The van der Waals surface area contributed by atoms with Gasteiger partial charge in [0, 0.05) is 12.1 Å². The van der Waals surface area contributed by atoms with Gasteiger partial charge >= 0.3 is 0 Å². The van der Waals surface area contributed by atoms with Gasteiger partial charge in [-0.25, -0.2) is 0 Å². The molecule has 0 aliphatic heterocycles. The van der Waals surface area contributed by atoms with Crippen molar-refractivity contribution < 1.29 is 9.66 Å². The van der Waals surface area contributed by atoms with Crippen LogP contribution in [0.4, 0.5) is 5.69 Å². The lowest BCUT2D eigenvalue weighted by molar-refractivity contribution is -0.384. The lowest BCUT2D eigenvalue weighted by Gasteiger charge is -2.09. The highest BCUT2D eigenvalue weighted by Crippen LogP contribution is 2.36. The number of hydrogen-bond donors (Lipinski definition) is 0. The Bertz CT molecular complexity index is 917. The molecule has 0 saturated carbocycles. The van der Waals surface area contributed by atoms with Crippen molar-refractivity contribution in [1.29, 1.82) is 5.26 Å². The summed E-state index contributed by atoms with van der Waals surface area (Å²) in [6.45, 7) is 0.128. The molecule has 25 heavy (non-hydrogen) atoms. The van der Waals surface area contributed by atoms with Crippen molar-refractivity contribution in [2.45, 2.75) is 0 Å². The van der Waals surface area contributed by atoms with Crippen LogP contribution >= 0.6 is 31.9 Å². The molecule has 0 bridgehead atoms. The van der Waals surface area contributed by atoms with Gasteiger partial charge in [0.05, 0.1) is 25.5 Å². The SMILES string of the molecule is C#CCOc1c(Br)cc(/C=C(/C#N)c2cccc([N+](=O)[O-])c2)cc1Br. The third-order valence-corrected chi connectivity index (χ3v) is 4.30. The van der Waals surface area contributed by atoms with Crippen molar-refractivity contribution in [3.8, 4) is 24.2 Å². The summed E-state index contributed by atoms with van der Waals surface area (Å²) in [6, 6.07) is 11.5. The maximum Gasteiger partial charge on any atom is 0.270 e. The number of benzene rings is 2. The Kier molecular flexibility index (Phi) is 6.35. The van der Waals surface area contributed by atoms with Crippen LogP contribution in [0.1, 0.15) is 11.1 Å². The number of nitrogens with zero attached hydrogens (tertiary/aromatic N) is 2. The van der Waals surface area contributed by atoms with E-state index in [9.17, 15) is 15.4 Å². The number of nitro benzene ring substituents is 1. The minimum atomic E-state index is -0.497. The molecule has 0 heterocycles. The number of nitriles is 1. The zero-order chi connectivity index (χ0) is 18.4.